The van der Waals surface area contributed by atoms with Gasteiger partial charge in [0, 0.05) is 39.1 Å². The molecule has 5 rings (SSSR count). The number of aromatic nitrogens is 1. The molecular weight excluding hydrogens is 610 g/mol. The van der Waals surface area contributed by atoms with Crippen molar-refractivity contribution >= 4 is 50.6 Å². The number of fused-ring (bicyclic) bond motifs is 2. The van der Waals surface area contributed by atoms with Gasteiger partial charge in [0.15, 0.2) is 5.13 Å². The van der Waals surface area contributed by atoms with E-state index in [1.165, 1.54) is 11.3 Å². The average molecular weight is 652 g/mol. The summed E-state index contributed by atoms with van der Waals surface area (Å²) < 4.78 is 6.32. The van der Waals surface area contributed by atoms with Gasteiger partial charge in [-0.2, -0.15) is 5.01 Å². The van der Waals surface area contributed by atoms with E-state index >= 15 is 0 Å². The number of nitrogen functional groups attached to an aromatic ring is 1. The molecule has 0 saturated carbocycles. The van der Waals surface area contributed by atoms with E-state index in [9.17, 15) is 19.2 Å². The quantitative estimate of drug-likeness (QED) is 0.298. The first-order chi connectivity index (χ1) is 22.0. The van der Waals surface area contributed by atoms with E-state index in [0.29, 0.717) is 24.0 Å². The number of ether oxygens (including phenoxy) is 1. The highest BCUT2D eigenvalue weighted by Crippen LogP contribution is 2.33. The second-order valence-electron chi connectivity index (χ2n) is 11.9. The third-order valence-corrected chi connectivity index (χ3v) is 8.88. The molecule has 0 bridgehead atoms. The van der Waals surface area contributed by atoms with Crippen LogP contribution < -0.4 is 21.1 Å². The smallest absolute Gasteiger partial charge is 0.410 e. The second kappa shape index (κ2) is 13.9. The Kier molecular flexibility index (Phi) is 9.94. The standard InChI is InChI=1S/C31H41N9O5S/c1-19(2)40(30(43)33-3)38-18-26(41)39-23(15-20-9-11-22(12-10-20)45-31(44)34-13-14-36(4)5)28(42)37(17-25(38)39)16-21-7-6-8-24-27(21)35-29(32)46-24/h6-12,19,23,25H,13-18H2,1-5H3,(H2,32,35)(H,33,43)(H,34,44)/t23-,25+/m0/s1. The summed E-state index contributed by atoms with van der Waals surface area (Å²) in [4.78, 5) is 62.8. The lowest BCUT2D eigenvalue weighted by Gasteiger charge is -2.47. The summed E-state index contributed by atoms with van der Waals surface area (Å²) >= 11 is 1.38. The van der Waals surface area contributed by atoms with Crippen molar-refractivity contribution in [2.24, 2.45) is 0 Å². The van der Waals surface area contributed by atoms with Crippen LogP contribution in [0.25, 0.3) is 10.2 Å². The summed E-state index contributed by atoms with van der Waals surface area (Å²) in [5, 5.41) is 9.13. The van der Waals surface area contributed by atoms with Gasteiger partial charge in [-0.1, -0.05) is 35.6 Å². The second-order valence-corrected chi connectivity index (χ2v) is 13.0. The fourth-order valence-corrected chi connectivity index (χ4v) is 6.71. The van der Waals surface area contributed by atoms with Gasteiger partial charge >= 0.3 is 12.1 Å². The van der Waals surface area contributed by atoms with E-state index < -0.39 is 18.3 Å². The molecule has 246 valence electrons. The number of nitrogens with zero attached hydrogens (tertiary/aromatic N) is 6. The molecule has 1 aromatic heterocycles. The van der Waals surface area contributed by atoms with Crippen LogP contribution in [0.5, 0.6) is 5.75 Å². The Morgan fingerprint density at radius 1 is 1.15 bits per heavy atom. The number of nitrogens with one attached hydrogen (secondary N) is 2. The maximum absolute atomic E-state index is 14.2. The Morgan fingerprint density at radius 3 is 2.57 bits per heavy atom. The number of hydrogen-bond donors (Lipinski definition) is 3. The third kappa shape index (κ3) is 7.00. The number of carbonyl (C=O) groups is 4. The molecule has 2 fully saturated rings. The van der Waals surface area contributed by atoms with Crippen molar-refractivity contribution in [2.45, 2.75) is 45.1 Å². The van der Waals surface area contributed by atoms with Gasteiger partial charge in [0.05, 0.1) is 23.3 Å². The molecule has 15 heteroatoms. The predicted octanol–water partition coefficient (Wildman–Crippen LogP) is 1.92. The molecule has 3 aromatic rings. The lowest BCUT2D eigenvalue weighted by Crippen LogP contribution is -2.66. The van der Waals surface area contributed by atoms with Crippen LogP contribution in [0.15, 0.2) is 42.5 Å². The Balaban J connectivity index is 1.41. The minimum Gasteiger partial charge on any atom is -0.410 e. The number of benzene rings is 2. The van der Waals surface area contributed by atoms with Crippen molar-refractivity contribution in [3.8, 4) is 5.75 Å². The average Bonchev–Trinajstić information content (AvgIpc) is 3.54. The number of urea groups is 1. The first kappa shape index (κ1) is 32.9. The maximum atomic E-state index is 14.2. The number of hydrazine groups is 1. The molecule has 14 nitrogen and oxygen atoms in total. The first-order valence-corrected chi connectivity index (χ1v) is 16.0. The molecule has 2 saturated heterocycles. The molecule has 0 radical (unpaired) electrons. The van der Waals surface area contributed by atoms with Crippen molar-refractivity contribution in [2.75, 3.05) is 53.1 Å². The van der Waals surface area contributed by atoms with Crippen molar-refractivity contribution in [1.82, 2.24) is 40.3 Å². The molecule has 4 N–H and O–H groups in total. The number of likely N-dealkylation sites (N-methyl/N-ethyl adjacent to an activating group) is 1. The van der Waals surface area contributed by atoms with Crippen LogP contribution >= 0.6 is 11.3 Å². The first-order valence-electron chi connectivity index (χ1n) is 15.2. The van der Waals surface area contributed by atoms with Gasteiger partial charge in [-0.15, -0.1) is 0 Å². The number of amides is 5. The van der Waals surface area contributed by atoms with Crippen LogP contribution in [0.3, 0.4) is 0 Å². The summed E-state index contributed by atoms with van der Waals surface area (Å²) in [6, 6.07) is 11.3. The number of thiazole rings is 1. The Bertz CT molecular complexity index is 1590. The molecule has 46 heavy (non-hydrogen) atoms. The highest BCUT2D eigenvalue weighted by molar-refractivity contribution is 7.22. The number of nitrogens with two attached hydrogens (primary N) is 1. The number of para-hydroxylation sites is 1. The van der Waals surface area contributed by atoms with Gasteiger partial charge < -0.3 is 35.8 Å². The van der Waals surface area contributed by atoms with Crippen LogP contribution in [-0.2, 0) is 22.6 Å². The van der Waals surface area contributed by atoms with E-state index in [4.69, 9.17) is 10.5 Å². The minimum absolute atomic E-state index is 0.0399. The fourth-order valence-electron chi connectivity index (χ4n) is 5.92. The zero-order valence-electron chi connectivity index (χ0n) is 26.7. The number of rotatable bonds is 10. The van der Waals surface area contributed by atoms with Crippen LogP contribution in [0, 0.1) is 0 Å². The molecule has 5 amide bonds. The predicted molar refractivity (Wildman–Crippen MR) is 175 cm³/mol. The van der Waals surface area contributed by atoms with Gasteiger partial charge in [0.2, 0.25) is 11.8 Å². The van der Waals surface area contributed by atoms with E-state index in [2.05, 4.69) is 15.6 Å². The monoisotopic (exact) mass is 651 g/mol. The maximum Gasteiger partial charge on any atom is 0.412 e. The van der Waals surface area contributed by atoms with Gasteiger partial charge in [0.25, 0.3) is 0 Å². The summed E-state index contributed by atoms with van der Waals surface area (Å²) in [6.45, 7) is 5.31. The van der Waals surface area contributed by atoms with E-state index in [-0.39, 0.29) is 49.9 Å². The Labute approximate surface area is 272 Å². The van der Waals surface area contributed by atoms with Gasteiger partial charge in [-0.3, -0.25) is 14.6 Å². The molecule has 2 atom stereocenters. The van der Waals surface area contributed by atoms with E-state index in [1.54, 1.807) is 51.1 Å². The van der Waals surface area contributed by atoms with Crippen molar-refractivity contribution in [1.29, 1.82) is 0 Å². The highest BCUT2D eigenvalue weighted by Gasteiger charge is 2.52. The minimum atomic E-state index is -0.823. The number of hydrogen-bond acceptors (Lipinski definition) is 10. The lowest BCUT2D eigenvalue weighted by atomic mass is 9.99. The number of carbonyl (C=O) groups excluding carboxylic acids is 4. The molecule has 0 unspecified atom stereocenters. The van der Waals surface area contributed by atoms with Crippen molar-refractivity contribution in [3.63, 3.8) is 0 Å². The summed E-state index contributed by atoms with van der Waals surface area (Å²) in [6.07, 6.45) is -0.889. The fraction of sp³-hybridized carbons (Fsp3) is 0.452. The molecule has 2 aliphatic heterocycles. The summed E-state index contributed by atoms with van der Waals surface area (Å²) in [5.41, 5.74) is 8.38. The van der Waals surface area contributed by atoms with Crippen LogP contribution in [0.2, 0.25) is 0 Å². The number of piperazine rings is 1. The zero-order chi connectivity index (χ0) is 33.1. The third-order valence-electron chi connectivity index (χ3n) is 8.03. The van der Waals surface area contributed by atoms with Crippen molar-refractivity contribution in [3.05, 3.63) is 53.6 Å². The zero-order valence-corrected chi connectivity index (χ0v) is 27.5. The Morgan fingerprint density at radius 2 is 1.89 bits per heavy atom. The molecule has 0 spiro atoms. The molecular formula is C31H41N9O5S. The van der Waals surface area contributed by atoms with Crippen molar-refractivity contribution < 1.29 is 23.9 Å². The van der Waals surface area contributed by atoms with E-state index in [0.717, 1.165) is 21.3 Å². The van der Waals surface area contributed by atoms with Gasteiger partial charge in [0.1, 0.15) is 18.0 Å². The largest absolute Gasteiger partial charge is 0.412 e. The summed E-state index contributed by atoms with van der Waals surface area (Å²) in [5.74, 6) is -0.0812. The molecule has 0 aliphatic carbocycles. The topological polar surface area (TPSA) is 157 Å². The summed E-state index contributed by atoms with van der Waals surface area (Å²) in [7, 11) is 5.38. The number of anilines is 1. The SMILES string of the molecule is CNC(=O)N(C(C)C)N1CC(=O)N2[C@@H](Cc3ccc(OC(=O)NCCN(C)C)cc3)C(=O)N(Cc3cccc4sc(N)nc34)C[C@@H]21. The molecule has 3 heterocycles. The highest BCUT2D eigenvalue weighted by atomic mass is 32.1. The van der Waals surface area contributed by atoms with Gasteiger partial charge in [-0.05, 0) is 57.3 Å². The van der Waals surface area contributed by atoms with E-state index in [1.807, 2.05) is 51.0 Å². The van der Waals surface area contributed by atoms with Crippen LogP contribution in [-0.4, -0.2) is 119 Å². The van der Waals surface area contributed by atoms with Crippen LogP contribution in [0.1, 0.15) is 25.0 Å². The lowest BCUT2D eigenvalue weighted by molar-refractivity contribution is -0.158. The normalized spacial score (nSPS) is 18.4. The molecule has 2 aliphatic rings. The Hall–Kier alpha value is -4.47. The molecule has 2 aromatic carbocycles. The van der Waals surface area contributed by atoms with Gasteiger partial charge in [-0.25, -0.2) is 14.6 Å². The van der Waals surface area contributed by atoms with Crippen LogP contribution in [0.4, 0.5) is 14.7 Å².